The van der Waals surface area contributed by atoms with Gasteiger partial charge in [0.1, 0.15) is 17.7 Å². The molecule has 4 nitrogen and oxygen atoms in total. The van der Waals surface area contributed by atoms with E-state index < -0.39 is 0 Å². The molecule has 1 aromatic rings. The SMILES string of the molecule is C#C.CCC12CCC3C4CCC(=O)C=C4CCC3C1CCC2OC(=O)COc1ccc(F)cc1. The van der Waals surface area contributed by atoms with Crippen molar-refractivity contribution in [3.05, 3.63) is 41.7 Å². The van der Waals surface area contributed by atoms with E-state index in [9.17, 15) is 14.0 Å². The van der Waals surface area contributed by atoms with Gasteiger partial charge >= 0.3 is 5.97 Å². The second-order valence-electron chi connectivity index (χ2n) is 10.2. The monoisotopic (exact) mass is 466 g/mol. The van der Waals surface area contributed by atoms with E-state index in [-0.39, 0.29) is 29.9 Å². The van der Waals surface area contributed by atoms with E-state index in [0.29, 0.717) is 41.6 Å². The molecule has 3 fully saturated rings. The zero-order chi connectivity index (χ0) is 24.3. The Labute approximate surface area is 202 Å². The van der Waals surface area contributed by atoms with Gasteiger partial charge in [-0.25, -0.2) is 9.18 Å². The summed E-state index contributed by atoms with van der Waals surface area (Å²) in [5, 5.41) is 0. The van der Waals surface area contributed by atoms with Gasteiger partial charge in [0.15, 0.2) is 12.4 Å². The van der Waals surface area contributed by atoms with Gasteiger partial charge in [-0.1, -0.05) is 12.5 Å². The van der Waals surface area contributed by atoms with E-state index in [1.807, 2.05) is 6.08 Å². The number of terminal acetylenes is 1. The average Bonchev–Trinajstić information content (AvgIpc) is 3.23. The van der Waals surface area contributed by atoms with Crippen LogP contribution in [-0.2, 0) is 14.3 Å². The Hall–Kier alpha value is -2.61. The van der Waals surface area contributed by atoms with Gasteiger partial charge in [0.05, 0.1) is 0 Å². The first kappa shape index (κ1) is 24.5. The van der Waals surface area contributed by atoms with Crippen LogP contribution >= 0.6 is 0 Å². The number of hydrogen-bond acceptors (Lipinski definition) is 4. The molecular formula is C29H35FO4. The highest BCUT2D eigenvalue weighted by Gasteiger charge is 2.58. The molecule has 5 heteroatoms. The molecule has 1 aromatic carbocycles. The lowest BCUT2D eigenvalue weighted by Gasteiger charge is -2.54. The summed E-state index contributed by atoms with van der Waals surface area (Å²) in [6.45, 7) is 2.10. The molecule has 0 heterocycles. The van der Waals surface area contributed by atoms with Crippen LogP contribution in [0.2, 0.25) is 0 Å². The second-order valence-corrected chi connectivity index (χ2v) is 10.2. The van der Waals surface area contributed by atoms with Crippen LogP contribution in [0.5, 0.6) is 5.75 Å². The van der Waals surface area contributed by atoms with Crippen LogP contribution < -0.4 is 4.74 Å². The standard InChI is InChI=1S/C27H33FO4.C2H2/c1-2-27-14-13-22-21-10-6-19(29)15-17(21)3-9-23(22)24(27)11-12-25(27)32-26(30)16-31-20-7-4-18(28)5-8-20;1-2/h4-5,7-8,15,21-25H,2-3,6,9-14,16H2,1H3;1-2H. The summed E-state index contributed by atoms with van der Waals surface area (Å²) in [7, 11) is 0. The molecule has 0 bridgehead atoms. The van der Waals surface area contributed by atoms with Crippen molar-refractivity contribution in [2.24, 2.45) is 29.1 Å². The number of rotatable bonds is 5. The topological polar surface area (TPSA) is 52.6 Å². The lowest BCUT2D eigenvalue weighted by molar-refractivity contribution is -0.163. The highest BCUT2D eigenvalue weighted by molar-refractivity contribution is 5.91. The minimum absolute atomic E-state index is 0.0485. The van der Waals surface area contributed by atoms with E-state index in [1.165, 1.54) is 42.7 Å². The normalized spacial score (nSPS) is 33.8. The molecule has 6 unspecified atom stereocenters. The molecule has 0 aromatic heterocycles. The Morgan fingerprint density at radius 3 is 2.56 bits per heavy atom. The van der Waals surface area contributed by atoms with Gasteiger partial charge in [-0.2, -0.15) is 0 Å². The number of halogens is 1. The van der Waals surface area contributed by atoms with Crippen LogP contribution in [0.25, 0.3) is 0 Å². The third-order valence-corrected chi connectivity index (χ3v) is 9.04. The maximum atomic E-state index is 13.1. The van der Waals surface area contributed by atoms with Crippen LogP contribution in [0.15, 0.2) is 35.9 Å². The molecule has 0 spiro atoms. The largest absolute Gasteiger partial charge is 0.482 e. The van der Waals surface area contributed by atoms with E-state index in [4.69, 9.17) is 9.47 Å². The van der Waals surface area contributed by atoms with Crippen molar-refractivity contribution in [3.8, 4) is 18.6 Å². The smallest absolute Gasteiger partial charge is 0.344 e. The van der Waals surface area contributed by atoms with Gasteiger partial charge in [0.2, 0.25) is 0 Å². The zero-order valence-corrected chi connectivity index (χ0v) is 20.0. The predicted octanol–water partition coefficient (Wildman–Crippen LogP) is 5.90. The molecule has 3 saturated carbocycles. The molecule has 0 radical (unpaired) electrons. The van der Waals surface area contributed by atoms with E-state index in [0.717, 1.165) is 38.5 Å². The van der Waals surface area contributed by atoms with Crippen LogP contribution in [-0.4, -0.2) is 24.5 Å². The summed E-state index contributed by atoms with van der Waals surface area (Å²) in [5.74, 6) is 2.66. The summed E-state index contributed by atoms with van der Waals surface area (Å²) in [5.41, 5.74) is 1.48. The Balaban J connectivity index is 0.00000133. The zero-order valence-electron chi connectivity index (χ0n) is 20.0. The highest BCUT2D eigenvalue weighted by atomic mass is 19.1. The van der Waals surface area contributed by atoms with Crippen molar-refractivity contribution >= 4 is 11.8 Å². The van der Waals surface area contributed by atoms with Crippen molar-refractivity contribution in [3.63, 3.8) is 0 Å². The lowest BCUT2D eigenvalue weighted by Crippen LogP contribution is -2.49. The fourth-order valence-corrected chi connectivity index (χ4v) is 7.65. The third-order valence-electron chi connectivity index (χ3n) is 9.04. The molecule has 182 valence electrons. The number of ether oxygens (including phenoxy) is 2. The van der Waals surface area contributed by atoms with Gasteiger partial charge in [-0.3, -0.25) is 4.79 Å². The number of ketones is 1. The number of benzene rings is 1. The van der Waals surface area contributed by atoms with Crippen molar-refractivity contribution in [2.45, 2.75) is 70.8 Å². The number of fused-ring (bicyclic) bond motifs is 5. The fraction of sp³-hybridized carbons (Fsp3) is 0.586. The Bertz CT molecular complexity index is 949. The molecule has 0 saturated heterocycles. The highest BCUT2D eigenvalue weighted by Crippen LogP contribution is 2.63. The second kappa shape index (κ2) is 10.3. The van der Waals surface area contributed by atoms with E-state index >= 15 is 0 Å². The number of carbonyl (C=O) groups excluding carboxylic acids is 2. The van der Waals surface area contributed by atoms with Gasteiger partial charge in [-0.15, -0.1) is 12.8 Å². The molecule has 0 amide bonds. The minimum atomic E-state index is -0.338. The molecule has 4 aliphatic rings. The first-order valence-corrected chi connectivity index (χ1v) is 12.6. The molecule has 4 aliphatic carbocycles. The predicted molar refractivity (Wildman–Crippen MR) is 128 cm³/mol. The van der Waals surface area contributed by atoms with Crippen LogP contribution in [0, 0.1) is 47.8 Å². The summed E-state index contributed by atoms with van der Waals surface area (Å²) in [6, 6.07) is 5.68. The number of allylic oxidation sites excluding steroid dienone is 1. The molecule has 34 heavy (non-hydrogen) atoms. The first-order valence-electron chi connectivity index (χ1n) is 12.6. The summed E-state index contributed by atoms with van der Waals surface area (Å²) in [4.78, 5) is 24.5. The summed E-state index contributed by atoms with van der Waals surface area (Å²) in [6.07, 6.45) is 19.2. The van der Waals surface area contributed by atoms with Crippen molar-refractivity contribution in [1.29, 1.82) is 0 Å². The molecule has 5 rings (SSSR count). The van der Waals surface area contributed by atoms with Crippen molar-refractivity contribution in [2.75, 3.05) is 6.61 Å². The molecule has 0 N–H and O–H groups in total. The van der Waals surface area contributed by atoms with Gasteiger partial charge < -0.3 is 9.47 Å². The molecule has 6 atom stereocenters. The Kier molecular flexibility index (Phi) is 7.45. The molecular weight excluding hydrogens is 431 g/mol. The fourth-order valence-electron chi connectivity index (χ4n) is 7.65. The van der Waals surface area contributed by atoms with Crippen molar-refractivity contribution < 1.29 is 23.5 Å². The van der Waals surface area contributed by atoms with Crippen LogP contribution in [0.4, 0.5) is 4.39 Å². The van der Waals surface area contributed by atoms with Crippen molar-refractivity contribution in [1.82, 2.24) is 0 Å². The quantitative estimate of drug-likeness (QED) is 0.401. The minimum Gasteiger partial charge on any atom is -0.482 e. The van der Waals surface area contributed by atoms with Crippen LogP contribution in [0.3, 0.4) is 0 Å². The first-order chi connectivity index (χ1) is 16.5. The Morgan fingerprint density at radius 2 is 1.82 bits per heavy atom. The maximum Gasteiger partial charge on any atom is 0.344 e. The van der Waals surface area contributed by atoms with Gasteiger partial charge in [0, 0.05) is 11.8 Å². The Morgan fingerprint density at radius 1 is 1.06 bits per heavy atom. The van der Waals surface area contributed by atoms with E-state index in [2.05, 4.69) is 19.8 Å². The third kappa shape index (κ3) is 4.52. The lowest BCUT2D eigenvalue weighted by atomic mass is 9.51. The van der Waals surface area contributed by atoms with Gasteiger partial charge in [0.25, 0.3) is 0 Å². The maximum absolute atomic E-state index is 13.1. The number of hydrogen-bond donors (Lipinski definition) is 0. The number of esters is 1. The van der Waals surface area contributed by atoms with Crippen LogP contribution in [0.1, 0.15) is 64.7 Å². The van der Waals surface area contributed by atoms with Gasteiger partial charge in [-0.05, 0) is 105 Å². The average molecular weight is 467 g/mol. The number of carbonyl (C=O) groups is 2. The molecule has 0 aliphatic heterocycles. The van der Waals surface area contributed by atoms with E-state index in [1.54, 1.807) is 0 Å². The summed E-state index contributed by atoms with van der Waals surface area (Å²) >= 11 is 0. The summed E-state index contributed by atoms with van der Waals surface area (Å²) < 4.78 is 24.6.